The van der Waals surface area contributed by atoms with Crippen LogP contribution in [0.4, 0.5) is 0 Å². The molecule has 2 heteroatoms. The van der Waals surface area contributed by atoms with E-state index in [9.17, 15) is 0 Å². The van der Waals surface area contributed by atoms with Crippen LogP contribution in [0.3, 0.4) is 0 Å². The Bertz CT molecular complexity index is 143. The molecule has 0 aliphatic heterocycles. The van der Waals surface area contributed by atoms with Crippen molar-refractivity contribution in [1.29, 1.82) is 0 Å². The van der Waals surface area contributed by atoms with Gasteiger partial charge in [0.25, 0.3) is 0 Å². The van der Waals surface area contributed by atoms with Crippen molar-refractivity contribution in [1.82, 2.24) is 0 Å². The van der Waals surface area contributed by atoms with E-state index in [1.165, 1.54) is 29.2 Å². The van der Waals surface area contributed by atoms with Gasteiger partial charge in [-0.25, -0.2) is 0 Å². The number of rotatable bonds is 4. The Morgan fingerprint density at radius 1 is 1.67 bits per heavy atom. The van der Waals surface area contributed by atoms with Crippen molar-refractivity contribution in [2.45, 2.75) is 26.2 Å². The fraction of sp³-hybridized carbons (Fsp3) is 0.500. The summed E-state index contributed by atoms with van der Waals surface area (Å²) in [7, 11) is 0. The van der Waals surface area contributed by atoms with Gasteiger partial charge < -0.3 is 5.92 Å². The molecule has 0 radical (unpaired) electrons. The van der Waals surface area contributed by atoms with Gasteiger partial charge in [0.1, 0.15) is 0 Å². The molecule has 0 amide bonds. The molecule has 1 rings (SSSR count). The van der Waals surface area contributed by atoms with E-state index in [1.807, 2.05) is 6.08 Å². The molecule has 0 saturated heterocycles. The SMILES string of the molecule is C=CCC[C-]1C[C@@H]1/C=C/C.[Zn+][Br]. The standard InChI is InChI=1S/C10H15.BrH.Zn/c1-3-5-7-10-8-9(10)6-4-2;;/h3-4,6,9H,1,5,7-8H2,2H3;1H;/q-1;;+2/p-1/b6-4+;;/t9-;;/m0../s1. The first-order valence-corrected chi connectivity index (χ1v) is 11.2. The number of allylic oxidation sites excluding steroid dienone is 3. The van der Waals surface area contributed by atoms with Gasteiger partial charge in [0.15, 0.2) is 0 Å². The van der Waals surface area contributed by atoms with Crippen molar-refractivity contribution in [3.05, 3.63) is 30.7 Å². The van der Waals surface area contributed by atoms with Gasteiger partial charge in [-0.2, -0.15) is 18.8 Å². The van der Waals surface area contributed by atoms with E-state index in [2.05, 4.69) is 39.3 Å². The Kier molecular flexibility index (Phi) is 8.59. The average molecular weight is 281 g/mol. The van der Waals surface area contributed by atoms with Gasteiger partial charge in [0.2, 0.25) is 0 Å². The van der Waals surface area contributed by atoms with Crippen LogP contribution in [0.1, 0.15) is 26.2 Å². The third-order valence-electron chi connectivity index (χ3n) is 1.94. The Morgan fingerprint density at radius 3 is 2.83 bits per heavy atom. The summed E-state index contributed by atoms with van der Waals surface area (Å²) in [5, 5.41) is 0. The van der Waals surface area contributed by atoms with E-state index in [4.69, 9.17) is 0 Å². The molecule has 0 unspecified atom stereocenters. The van der Waals surface area contributed by atoms with Crippen molar-refractivity contribution in [3.63, 3.8) is 0 Å². The summed E-state index contributed by atoms with van der Waals surface area (Å²) >= 11 is 4.25. The van der Waals surface area contributed by atoms with Crippen molar-refractivity contribution in [3.8, 4) is 0 Å². The minimum absolute atomic E-state index is 0.824. The zero-order chi connectivity index (χ0) is 9.40. The Balaban J connectivity index is 0.000000561. The molecule has 1 fully saturated rings. The summed E-state index contributed by atoms with van der Waals surface area (Å²) in [6.07, 6.45) is 10.2. The van der Waals surface area contributed by atoms with E-state index >= 15 is 0 Å². The van der Waals surface area contributed by atoms with Gasteiger partial charge in [0.05, 0.1) is 0 Å². The number of halogens is 1. The molecule has 0 aromatic rings. The van der Waals surface area contributed by atoms with Crippen molar-refractivity contribution >= 4 is 13.6 Å². The molecular weight excluding hydrogens is 265 g/mol. The van der Waals surface area contributed by atoms with E-state index < -0.39 is 0 Å². The average Bonchev–Trinajstić information content (AvgIpc) is 2.85. The number of hydrogen-bond acceptors (Lipinski definition) is 0. The molecule has 1 atom stereocenters. The van der Waals surface area contributed by atoms with Gasteiger partial charge in [-0.3, -0.25) is 0 Å². The van der Waals surface area contributed by atoms with E-state index in [1.54, 1.807) is 5.92 Å². The first-order chi connectivity index (χ1) is 5.88. The molecule has 0 N–H and O–H groups in total. The van der Waals surface area contributed by atoms with Gasteiger partial charge in [-0.1, -0.05) is 18.6 Å². The van der Waals surface area contributed by atoms with Crippen molar-refractivity contribution < 1.29 is 16.3 Å². The molecular formula is C10H15BrZn. The first-order valence-electron chi connectivity index (χ1n) is 4.23. The van der Waals surface area contributed by atoms with E-state index in [-0.39, 0.29) is 0 Å². The molecule has 12 heavy (non-hydrogen) atoms. The molecule has 0 heterocycles. The Morgan fingerprint density at radius 2 is 2.33 bits per heavy atom. The predicted octanol–water partition coefficient (Wildman–Crippen LogP) is 3.97. The van der Waals surface area contributed by atoms with Gasteiger partial charge in [-0.15, -0.1) is 12.7 Å². The predicted molar refractivity (Wildman–Crippen MR) is 54.5 cm³/mol. The van der Waals surface area contributed by atoms with Crippen LogP contribution in [0.5, 0.6) is 0 Å². The first kappa shape index (κ1) is 12.6. The molecule has 0 spiro atoms. The fourth-order valence-electron chi connectivity index (χ4n) is 1.23. The third kappa shape index (κ3) is 5.27. The van der Waals surface area contributed by atoms with Crippen LogP contribution in [-0.4, -0.2) is 0 Å². The molecule has 1 aliphatic carbocycles. The molecule has 1 saturated carbocycles. The second-order valence-electron chi connectivity index (χ2n) is 2.82. The fourth-order valence-corrected chi connectivity index (χ4v) is 1.23. The Labute approximate surface area is 92.5 Å². The summed E-state index contributed by atoms with van der Waals surface area (Å²) in [5.41, 5.74) is 0. The molecule has 0 bridgehead atoms. The van der Waals surface area contributed by atoms with Crippen LogP contribution in [0.15, 0.2) is 24.8 Å². The van der Waals surface area contributed by atoms with Crippen molar-refractivity contribution in [2.24, 2.45) is 5.92 Å². The van der Waals surface area contributed by atoms with Crippen LogP contribution in [-0.2, 0) is 16.3 Å². The topological polar surface area (TPSA) is 0 Å². The summed E-state index contributed by atoms with van der Waals surface area (Å²) in [5.74, 6) is 2.53. The van der Waals surface area contributed by atoms with Crippen LogP contribution in [0.25, 0.3) is 0 Å². The third-order valence-corrected chi connectivity index (χ3v) is 1.94. The molecule has 0 aromatic carbocycles. The summed E-state index contributed by atoms with van der Waals surface area (Å²) < 4.78 is 0. The zero-order valence-corrected chi connectivity index (χ0v) is 12.3. The van der Waals surface area contributed by atoms with E-state index in [0.717, 1.165) is 12.3 Å². The zero-order valence-electron chi connectivity index (χ0n) is 7.72. The second kappa shape index (κ2) is 8.19. The summed E-state index contributed by atoms with van der Waals surface area (Å²) in [4.78, 5) is 0. The maximum absolute atomic E-state index is 3.70. The summed E-state index contributed by atoms with van der Waals surface area (Å²) in [6, 6.07) is 0. The molecule has 0 aromatic heterocycles. The van der Waals surface area contributed by atoms with Crippen molar-refractivity contribution in [2.75, 3.05) is 0 Å². The van der Waals surface area contributed by atoms with Crippen LogP contribution >= 0.6 is 13.6 Å². The Hall–Kier alpha value is 0.583. The van der Waals surface area contributed by atoms with Crippen LogP contribution in [0, 0.1) is 11.8 Å². The molecule has 1 aliphatic rings. The van der Waals surface area contributed by atoms with Gasteiger partial charge in [-0.05, 0) is 6.92 Å². The van der Waals surface area contributed by atoms with Gasteiger partial charge in [0, 0.05) is 0 Å². The van der Waals surface area contributed by atoms with Crippen LogP contribution in [0.2, 0.25) is 0 Å². The van der Waals surface area contributed by atoms with E-state index in [0.29, 0.717) is 0 Å². The quantitative estimate of drug-likeness (QED) is 0.415. The summed E-state index contributed by atoms with van der Waals surface area (Å²) in [6.45, 7) is 5.79. The minimum atomic E-state index is 0.824. The molecule has 0 nitrogen and oxygen atoms in total. The van der Waals surface area contributed by atoms with Gasteiger partial charge >= 0.3 is 30.0 Å². The maximum atomic E-state index is 3.70. The monoisotopic (exact) mass is 278 g/mol. The normalized spacial score (nSPS) is 21.8. The number of hydrogen-bond donors (Lipinski definition) is 0. The van der Waals surface area contributed by atoms with Crippen LogP contribution < -0.4 is 0 Å². The second-order valence-corrected chi connectivity index (χ2v) is 2.82. The molecule has 64 valence electrons.